The molecule has 5 aromatic carbocycles. The van der Waals surface area contributed by atoms with Crippen molar-refractivity contribution in [2.75, 3.05) is 23.5 Å². The largest absolute Gasteiger partial charge is 0.457 e. The first kappa shape index (κ1) is 32.2. The molecule has 0 unspecified atom stereocenters. The fourth-order valence-electron chi connectivity index (χ4n) is 8.01. The number of pyridine rings is 1. The lowest BCUT2D eigenvalue weighted by molar-refractivity contribution is 0.479. The molecule has 8 aromatic rings. The van der Waals surface area contributed by atoms with Gasteiger partial charge in [-0.15, -0.1) is 0 Å². The molecule has 6 nitrogen and oxygen atoms in total. The van der Waals surface area contributed by atoms with E-state index in [4.69, 9.17) is 9.72 Å². The molecular formula is C46H45N5O. The third-order valence-electron chi connectivity index (χ3n) is 10.9. The van der Waals surface area contributed by atoms with Gasteiger partial charge in [-0.2, -0.15) is 0 Å². The Labute approximate surface area is 305 Å². The molecule has 9 rings (SSSR count). The molecule has 0 saturated heterocycles. The van der Waals surface area contributed by atoms with Gasteiger partial charge in [-0.3, -0.25) is 4.57 Å². The third kappa shape index (κ3) is 5.03. The minimum Gasteiger partial charge on any atom is -0.457 e. The fourth-order valence-corrected chi connectivity index (χ4v) is 8.01. The van der Waals surface area contributed by atoms with Crippen molar-refractivity contribution in [1.82, 2.24) is 14.1 Å². The van der Waals surface area contributed by atoms with E-state index in [9.17, 15) is 0 Å². The van der Waals surface area contributed by atoms with Gasteiger partial charge in [-0.25, -0.2) is 4.98 Å². The fraction of sp³-hybridized carbons (Fsp3) is 0.239. The summed E-state index contributed by atoms with van der Waals surface area (Å²) in [6.45, 7) is 14.3. The predicted octanol–water partition coefficient (Wildman–Crippen LogP) is 11.8. The number of rotatable bonds is 4. The van der Waals surface area contributed by atoms with E-state index in [2.05, 4.69) is 184 Å². The van der Waals surface area contributed by atoms with Crippen LogP contribution in [0.3, 0.4) is 0 Å². The van der Waals surface area contributed by atoms with Gasteiger partial charge < -0.3 is 19.1 Å². The van der Waals surface area contributed by atoms with Gasteiger partial charge in [0.1, 0.15) is 17.3 Å². The van der Waals surface area contributed by atoms with E-state index >= 15 is 0 Å². The Hall–Kier alpha value is -5.75. The van der Waals surface area contributed by atoms with Crippen molar-refractivity contribution in [3.8, 4) is 17.3 Å². The van der Waals surface area contributed by atoms with Gasteiger partial charge in [-0.1, -0.05) is 77.9 Å². The zero-order chi connectivity index (χ0) is 36.1. The molecule has 1 aliphatic rings. The number of aromatic nitrogens is 3. The first-order chi connectivity index (χ1) is 24.9. The molecule has 4 heterocycles. The number of nitrogens with zero attached hydrogens (tertiary/aromatic N) is 5. The van der Waals surface area contributed by atoms with Gasteiger partial charge in [0.2, 0.25) is 0 Å². The second-order valence-electron chi connectivity index (χ2n) is 16.4. The minimum atomic E-state index is -0.0891. The molecule has 0 saturated carbocycles. The molecule has 0 radical (unpaired) electrons. The van der Waals surface area contributed by atoms with Crippen LogP contribution in [0.2, 0.25) is 0 Å². The molecular weight excluding hydrogens is 639 g/mol. The van der Waals surface area contributed by atoms with Gasteiger partial charge in [0, 0.05) is 65.2 Å². The van der Waals surface area contributed by atoms with Crippen LogP contribution < -0.4 is 14.5 Å². The van der Waals surface area contributed by atoms with Gasteiger partial charge in [0.25, 0.3) is 0 Å². The summed E-state index contributed by atoms with van der Waals surface area (Å²) in [6, 6.07) is 39.4. The Bertz CT molecular complexity index is 2700. The van der Waals surface area contributed by atoms with Crippen molar-refractivity contribution in [2.24, 2.45) is 7.05 Å². The summed E-state index contributed by atoms with van der Waals surface area (Å²) in [4.78, 5) is 9.68. The molecule has 1 aliphatic heterocycles. The maximum Gasteiger partial charge on any atom is 0.137 e. The van der Waals surface area contributed by atoms with Crippen LogP contribution >= 0.6 is 0 Å². The molecule has 0 amide bonds. The molecule has 0 bridgehead atoms. The van der Waals surface area contributed by atoms with Crippen molar-refractivity contribution < 1.29 is 4.74 Å². The molecule has 260 valence electrons. The third-order valence-corrected chi connectivity index (χ3v) is 10.9. The highest BCUT2D eigenvalue weighted by Gasteiger charge is 2.30. The lowest BCUT2D eigenvalue weighted by Gasteiger charge is -2.26. The number of ether oxygens (including phenoxy) is 1. The Morgan fingerprint density at radius 2 is 1.31 bits per heavy atom. The van der Waals surface area contributed by atoms with Crippen LogP contribution in [0.4, 0.5) is 17.1 Å². The van der Waals surface area contributed by atoms with Crippen molar-refractivity contribution in [3.05, 3.63) is 127 Å². The Morgan fingerprint density at radius 3 is 2.08 bits per heavy atom. The number of anilines is 3. The van der Waals surface area contributed by atoms with Gasteiger partial charge in [0.15, 0.2) is 0 Å². The lowest BCUT2D eigenvalue weighted by Crippen LogP contribution is -2.24. The number of hydrogen-bond donors (Lipinski definition) is 0. The normalized spacial score (nSPS) is 13.6. The molecule has 0 spiro atoms. The summed E-state index contributed by atoms with van der Waals surface area (Å²) in [5, 5.41) is 4.92. The number of hydrogen-bond acceptors (Lipinski definition) is 4. The Kier molecular flexibility index (Phi) is 7.04. The van der Waals surface area contributed by atoms with Crippen LogP contribution in [0.1, 0.15) is 52.7 Å². The van der Waals surface area contributed by atoms with Crippen LogP contribution in [0, 0.1) is 0 Å². The molecule has 0 atom stereocenters. The van der Waals surface area contributed by atoms with Crippen LogP contribution in [-0.4, -0.2) is 27.8 Å². The monoisotopic (exact) mass is 683 g/mol. The Morgan fingerprint density at radius 1 is 0.596 bits per heavy atom. The standard InChI is InChI=1S/C46H45N5O/c1-45(2,3)29-21-22-47-42(25-29)51-38-16-12-9-13-34(38)35-18-17-32(27-41(35)51)52-33-24-30(46(4,5)6)23-31(26-33)50-28-48(7)40-20-19-39-43(44(40)50)36-14-10-11-15-37(36)49(39)8/h9-27H,28H2,1-8H3. The van der Waals surface area contributed by atoms with E-state index in [0.29, 0.717) is 0 Å². The van der Waals surface area contributed by atoms with Crippen LogP contribution in [-0.2, 0) is 17.9 Å². The average molecular weight is 684 g/mol. The predicted molar refractivity (Wildman–Crippen MR) is 218 cm³/mol. The maximum absolute atomic E-state index is 6.89. The summed E-state index contributed by atoms with van der Waals surface area (Å²) in [5.74, 6) is 2.51. The zero-order valence-electron chi connectivity index (χ0n) is 31.3. The van der Waals surface area contributed by atoms with Gasteiger partial charge in [-0.05, 0) is 82.6 Å². The SMILES string of the molecule is CN1CN(c2cc(Oc3ccc4c5ccccc5n(-c5cc(C(C)(C)C)ccn5)c4c3)cc(C(C)(C)C)c2)c2c1ccc1c2c2ccccc2n1C. The van der Waals surface area contributed by atoms with E-state index in [1.54, 1.807) is 0 Å². The van der Waals surface area contributed by atoms with Crippen LogP contribution in [0.15, 0.2) is 115 Å². The molecule has 52 heavy (non-hydrogen) atoms. The van der Waals surface area contributed by atoms with Crippen molar-refractivity contribution >= 4 is 60.7 Å². The van der Waals surface area contributed by atoms with E-state index in [1.807, 2.05) is 6.20 Å². The van der Waals surface area contributed by atoms with Crippen LogP contribution in [0.5, 0.6) is 11.5 Å². The second-order valence-corrected chi connectivity index (χ2v) is 16.4. The maximum atomic E-state index is 6.89. The molecule has 0 N–H and O–H groups in total. The van der Waals surface area contributed by atoms with Gasteiger partial charge >= 0.3 is 0 Å². The van der Waals surface area contributed by atoms with E-state index < -0.39 is 0 Å². The summed E-state index contributed by atoms with van der Waals surface area (Å²) in [7, 11) is 4.35. The summed E-state index contributed by atoms with van der Waals surface area (Å²) in [6.07, 6.45) is 1.93. The van der Waals surface area contributed by atoms with E-state index in [0.717, 1.165) is 40.7 Å². The zero-order valence-corrected chi connectivity index (χ0v) is 31.3. The van der Waals surface area contributed by atoms with Crippen LogP contribution in [0.25, 0.3) is 49.4 Å². The topological polar surface area (TPSA) is 38.5 Å². The molecule has 0 aliphatic carbocycles. The minimum absolute atomic E-state index is 0.00451. The summed E-state index contributed by atoms with van der Waals surface area (Å²) in [5.41, 5.74) is 10.6. The molecule has 3 aromatic heterocycles. The van der Waals surface area contributed by atoms with E-state index in [1.165, 1.54) is 55.1 Å². The Balaban J connectivity index is 1.19. The quantitative estimate of drug-likeness (QED) is 0.185. The average Bonchev–Trinajstić information content (AvgIpc) is 3.74. The number of benzene rings is 5. The highest BCUT2D eigenvalue weighted by molar-refractivity contribution is 6.18. The highest BCUT2D eigenvalue weighted by Crippen LogP contribution is 2.49. The lowest BCUT2D eigenvalue weighted by atomic mass is 9.86. The smallest absolute Gasteiger partial charge is 0.137 e. The number of para-hydroxylation sites is 2. The summed E-state index contributed by atoms with van der Waals surface area (Å²) < 4.78 is 11.5. The molecule has 6 heteroatoms. The highest BCUT2D eigenvalue weighted by atomic mass is 16.5. The van der Waals surface area contributed by atoms with E-state index in [-0.39, 0.29) is 10.8 Å². The van der Waals surface area contributed by atoms with Gasteiger partial charge in [0.05, 0.1) is 34.6 Å². The number of fused-ring (bicyclic) bond motifs is 8. The van der Waals surface area contributed by atoms with Crippen molar-refractivity contribution in [1.29, 1.82) is 0 Å². The van der Waals surface area contributed by atoms with Crippen molar-refractivity contribution in [3.63, 3.8) is 0 Å². The van der Waals surface area contributed by atoms with Crippen molar-refractivity contribution in [2.45, 2.75) is 52.4 Å². The summed E-state index contributed by atoms with van der Waals surface area (Å²) >= 11 is 0. The molecule has 0 fully saturated rings. The first-order valence-electron chi connectivity index (χ1n) is 18.2. The first-order valence-corrected chi connectivity index (χ1v) is 18.2. The number of aryl methyl sites for hydroxylation is 1. The second kappa shape index (κ2) is 11.4.